The van der Waals surface area contributed by atoms with Crippen molar-refractivity contribution in [3.05, 3.63) is 102 Å². The number of aromatic nitrogens is 5. The van der Waals surface area contributed by atoms with Gasteiger partial charge < -0.3 is 9.57 Å². The second kappa shape index (κ2) is 11.4. The van der Waals surface area contributed by atoms with Gasteiger partial charge in [-0.25, -0.2) is 14.5 Å². The Balaban J connectivity index is 1.61. The van der Waals surface area contributed by atoms with E-state index in [1.807, 2.05) is 30.3 Å². The van der Waals surface area contributed by atoms with E-state index in [9.17, 15) is 9.59 Å². The van der Waals surface area contributed by atoms with Gasteiger partial charge in [-0.2, -0.15) is 4.90 Å². The highest BCUT2D eigenvalue weighted by Gasteiger charge is 2.30. The first-order valence-corrected chi connectivity index (χ1v) is 11.8. The number of hydrogen-bond donors (Lipinski definition) is 0. The van der Waals surface area contributed by atoms with E-state index in [0.29, 0.717) is 22.8 Å². The van der Waals surface area contributed by atoms with Gasteiger partial charge in [0.1, 0.15) is 11.4 Å². The number of pyridine rings is 1. The van der Waals surface area contributed by atoms with Crippen molar-refractivity contribution in [2.45, 2.75) is 33.0 Å². The molecule has 4 rings (SSSR count). The van der Waals surface area contributed by atoms with Crippen molar-refractivity contribution in [2.75, 3.05) is 4.90 Å². The third-order valence-electron chi connectivity index (χ3n) is 5.07. The summed E-state index contributed by atoms with van der Waals surface area (Å²) in [5.74, 6) is -0.0500. The van der Waals surface area contributed by atoms with Gasteiger partial charge in [0, 0.05) is 18.2 Å². The van der Waals surface area contributed by atoms with Crippen LogP contribution in [0.3, 0.4) is 0 Å². The number of rotatable bonds is 7. The van der Waals surface area contributed by atoms with Crippen molar-refractivity contribution in [2.24, 2.45) is 12.2 Å². The molecule has 0 aliphatic rings. The molecule has 0 aliphatic carbocycles. The van der Waals surface area contributed by atoms with Gasteiger partial charge in [0.2, 0.25) is 5.82 Å². The van der Waals surface area contributed by atoms with Gasteiger partial charge in [-0.15, -0.1) is 5.10 Å². The predicted octanol–water partition coefficient (Wildman–Crippen LogP) is 4.16. The second-order valence-corrected chi connectivity index (χ2v) is 9.18. The molecule has 194 valence electrons. The Hall–Kier alpha value is -4.93. The largest absolute Gasteiger partial charge is 0.443 e. The summed E-state index contributed by atoms with van der Waals surface area (Å²) in [7, 11) is 1.70. The van der Waals surface area contributed by atoms with E-state index in [2.05, 4.69) is 25.7 Å². The van der Waals surface area contributed by atoms with Crippen LogP contribution in [0.5, 0.6) is 0 Å². The van der Waals surface area contributed by atoms with Crippen LogP contribution in [0, 0.1) is 0 Å². The molecule has 2 amide bonds. The van der Waals surface area contributed by atoms with Gasteiger partial charge in [-0.1, -0.05) is 59.8 Å². The normalized spacial score (nSPS) is 11.6. The molecule has 0 radical (unpaired) electrons. The van der Waals surface area contributed by atoms with Crippen molar-refractivity contribution in [3.63, 3.8) is 0 Å². The van der Waals surface area contributed by atoms with Crippen LogP contribution in [0.2, 0.25) is 0 Å². The van der Waals surface area contributed by atoms with Gasteiger partial charge in [0.05, 0.1) is 5.69 Å². The number of nitrogens with zero attached hydrogens (tertiary/aromatic N) is 7. The van der Waals surface area contributed by atoms with Crippen LogP contribution in [0.15, 0.2) is 84.0 Å². The molecule has 0 fully saturated rings. The molecular formula is C27H27N7O4. The molecular weight excluding hydrogens is 486 g/mol. The van der Waals surface area contributed by atoms with Crippen molar-refractivity contribution in [1.29, 1.82) is 0 Å². The van der Waals surface area contributed by atoms with Crippen molar-refractivity contribution >= 4 is 23.5 Å². The summed E-state index contributed by atoms with van der Waals surface area (Å²) in [6, 6.07) is 22.7. The van der Waals surface area contributed by atoms with Crippen LogP contribution in [0.4, 0.5) is 10.6 Å². The lowest BCUT2D eigenvalue weighted by Crippen LogP contribution is -2.41. The number of aryl methyl sites for hydroxylation is 1. The van der Waals surface area contributed by atoms with Crippen LogP contribution in [-0.4, -0.2) is 48.5 Å². The zero-order chi connectivity index (χ0) is 27.1. The van der Waals surface area contributed by atoms with Crippen LogP contribution >= 0.6 is 0 Å². The van der Waals surface area contributed by atoms with Crippen molar-refractivity contribution < 1.29 is 19.2 Å². The van der Waals surface area contributed by atoms with Crippen LogP contribution in [0.1, 0.15) is 48.2 Å². The Morgan fingerprint density at radius 3 is 2.18 bits per heavy atom. The number of carbonyl (C=O) groups is 2. The minimum absolute atomic E-state index is 0.0445. The number of carbonyl (C=O) groups excluding carboxylic acids is 2. The lowest BCUT2D eigenvalue weighted by Gasteiger charge is -2.25. The van der Waals surface area contributed by atoms with Crippen molar-refractivity contribution in [1.82, 2.24) is 25.2 Å². The van der Waals surface area contributed by atoms with E-state index in [-0.39, 0.29) is 12.4 Å². The molecule has 2 aromatic carbocycles. The molecule has 11 nitrogen and oxygen atoms in total. The summed E-state index contributed by atoms with van der Waals surface area (Å²) < 4.78 is 6.99. The highest BCUT2D eigenvalue weighted by Crippen LogP contribution is 2.20. The standard InChI is InChI=1S/C27H27N7O4/c1-27(2,3)38-26(36)34(25(35)20-14-9-6-10-15-20)22-17-11-16-21(28-22)18-37-30-23(19-12-7-5-8-13-19)24-29-31-32-33(24)4/h5-17H,18H2,1-4H3. The molecule has 0 unspecified atom stereocenters. The Labute approximate surface area is 219 Å². The van der Waals surface area contributed by atoms with Crippen molar-refractivity contribution in [3.8, 4) is 0 Å². The third-order valence-corrected chi connectivity index (χ3v) is 5.07. The summed E-state index contributed by atoms with van der Waals surface area (Å²) in [5, 5.41) is 15.9. The maximum atomic E-state index is 13.3. The van der Waals surface area contributed by atoms with Gasteiger partial charge in [0.15, 0.2) is 12.3 Å². The van der Waals surface area contributed by atoms with Gasteiger partial charge in [0.25, 0.3) is 5.91 Å². The Morgan fingerprint density at radius 2 is 1.58 bits per heavy atom. The number of oxime groups is 1. The van der Waals surface area contributed by atoms with Gasteiger partial charge in [-0.05, 0) is 55.5 Å². The topological polar surface area (TPSA) is 125 Å². The van der Waals surface area contributed by atoms with Crippen LogP contribution in [0.25, 0.3) is 0 Å². The van der Waals surface area contributed by atoms with E-state index in [0.717, 1.165) is 10.5 Å². The Kier molecular flexibility index (Phi) is 7.86. The fourth-order valence-electron chi connectivity index (χ4n) is 3.38. The van der Waals surface area contributed by atoms with Gasteiger partial charge in [-0.3, -0.25) is 4.79 Å². The molecule has 0 bridgehead atoms. The molecule has 4 aromatic rings. The summed E-state index contributed by atoms with van der Waals surface area (Å²) in [5.41, 5.74) is 1.13. The SMILES string of the molecule is Cn1nnnc1C(=NOCc1cccc(N(C(=O)OC(C)(C)C)C(=O)c2ccccc2)n1)c1ccccc1. The molecule has 0 saturated heterocycles. The number of tetrazole rings is 1. The number of ether oxygens (including phenoxy) is 1. The first-order valence-electron chi connectivity index (χ1n) is 11.8. The van der Waals surface area contributed by atoms with Gasteiger partial charge >= 0.3 is 6.09 Å². The zero-order valence-electron chi connectivity index (χ0n) is 21.5. The molecule has 0 atom stereocenters. The molecule has 0 spiro atoms. The maximum absolute atomic E-state index is 13.3. The van der Waals surface area contributed by atoms with E-state index in [4.69, 9.17) is 9.57 Å². The number of hydrogen-bond acceptors (Lipinski definition) is 9. The molecule has 11 heteroatoms. The lowest BCUT2D eigenvalue weighted by molar-refractivity contribution is 0.0562. The average molecular weight is 514 g/mol. The smallest absolute Gasteiger partial charge is 0.423 e. The fourth-order valence-corrected chi connectivity index (χ4v) is 3.38. The highest BCUT2D eigenvalue weighted by molar-refractivity contribution is 6.18. The summed E-state index contributed by atoms with van der Waals surface area (Å²) in [6.45, 7) is 5.13. The zero-order valence-corrected chi connectivity index (χ0v) is 21.5. The fraction of sp³-hybridized carbons (Fsp3) is 0.222. The maximum Gasteiger partial charge on any atom is 0.423 e. The monoisotopic (exact) mass is 513 g/mol. The quantitative estimate of drug-likeness (QED) is 0.267. The first kappa shape index (κ1) is 26.1. The first-order chi connectivity index (χ1) is 18.2. The molecule has 0 saturated carbocycles. The number of anilines is 1. The second-order valence-electron chi connectivity index (χ2n) is 9.18. The highest BCUT2D eigenvalue weighted by atomic mass is 16.6. The van der Waals surface area contributed by atoms with E-state index >= 15 is 0 Å². The average Bonchev–Trinajstić information content (AvgIpc) is 3.32. The van der Waals surface area contributed by atoms with E-state index < -0.39 is 17.6 Å². The lowest BCUT2D eigenvalue weighted by atomic mass is 10.1. The van der Waals surface area contributed by atoms with Crippen LogP contribution < -0.4 is 4.90 Å². The molecule has 0 N–H and O–H groups in total. The third kappa shape index (κ3) is 6.44. The number of benzene rings is 2. The molecule has 2 aromatic heterocycles. The molecule has 0 aliphatic heterocycles. The predicted molar refractivity (Wildman–Crippen MR) is 139 cm³/mol. The Morgan fingerprint density at radius 1 is 0.921 bits per heavy atom. The minimum Gasteiger partial charge on any atom is -0.443 e. The minimum atomic E-state index is -0.837. The number of amides is 2. The molecule has 38 heavy (non-hydrogen) atoms. The summed E-state index contributed by atoms with van der Waals surface area (Å²) in [4.78, 5) is 37.4. The Bertz CT molecular complexity index is 1430. The van der Waals surface area contributed by atoms with E-state index in [1.165, 1.54) is 4.68 Å². The summed E-state index contributed by atoms with van der Waals surface area (Å²) >= 11 is 0. The number of imide groups is 1. The van der Waals surface area contributed by atoms with Crippen LogP contribution in [-0.2, 0) is 23.2 Å². The summed E-state index contributed by atoms with van der Waals surface area (Å²) in [6.07, 6.45) is -0.837. The van der Waals surface area contributed by atoms with E-state index in [1.54, 1.807) is 76.3 Å². The molecule has 2 heterocycles.